The van der Waals surface area contributed by atoms with Gasteiger partial charge in [-0.2, -0.15) is 0 Å². The fourth-order valence-electron chi connectivity index (χ4n) is 1.73. The molecule has 2 rings (SSSR count). The highest BCUT2D eigenvalue weighted by Gasteiger charge is 2.13. The number of aliphatic hydroxyl groups is 1. The number of benzene rings is 1. The predicted octanol–water partition coefficient (Wildman–Crippen LogP) is 1.11. The molecule has 2 aromatic rings. The molecular weight excluding hydrogens is 258 g/mol. The Morgan fingerprint density at radius 3 is 2.40 bits per heavy atom. The average Bonchev–Trinajstić information content (AvgIpc) is 2.47. The van der Waals surface area contributed by atoms with Crippen LogP contribution in [-0.2, 0) is 6.54 Å². The first kappa shape index (κ1) is 14.0. The number of hydrogen-bond donors (Lipinski definition) is 2. The van der Waals surface area contributed by atoms with Gasteiger partial charge in [0.15, 0.2) is 18.9 Å². The number of aromatic carboxylic acids is 1. The SMILES string of the molecule is O=C(O)c1cc[n+](CC(O)COc2ccccc2)cc1. The zero-order valence-corrected chi connectivity index (χ0v) is 10.8. The van der Waals surface area contributed by atoms with Gasteiger partial charge in [0.05, 0.1) is 5.56 Å². The van der Waals surface area contributed by atoms with Crippen LogP contribution in [0.25, 0.3) is 0 Å². The predicted molar refractivity (Wildman–Crippen MR) is 71.5 cm³/mol. The lowest BCUT2D eigenvalue weighted by Gasteiger charge is -2.09. The van der Waals surface area contributed by atoms with E-state index in [0.717, 1.165) is 0 Å². The van der Waals surface area contributed by atoms with Crippen molar-refractivity contribution in [3.8, 4) is 5.75 Å². The van der Waals surface area contributed by atoms with Crippen LogP contribution in [0.3, 0.4) is 0 Å². The first-order valence-electron chi connectivity index (χ1n) is 6.23. The summed E-state index contributed by atoms with van der Waals surface area (Å²) in [6, 6.07) is 12.2. The van der Waals surface area contributed by atoms with Crippen LogP contribution in [-0.4, -0.2) is 28.9 Å². The minimum absolute atomic E-state index is 0.178. The van der Waals surface area contributed by atoms with Gasteiger partial charge in [0.25, 0.3) is 0 Å². The fraction of sp³-hybridized carbons (Fsp3) is 0.200. The van der Waals surface area contributed by atoms with E-state index in [1.165, 1.54) is 12.1 Å². The summed E-state index contributed by atoms with van der Waals surface area (Å²) in [7, 11) is 0. The lowest BCUT2D eigenvalue weighted by Crippen LogP contribution is -2.41. The molecule has 1 heterocycles. The second kappa shape index (κ2) is 6.68. The lowest BCUT2D eigenvalue weighted by atomic mass is 10.2. The molecule has 2 N–H and O–H groups in total. The molecule has 0 radical (unpaired) electrons. The van der Waals surface area contributed by atoms with Gasteiger partial charge in [-0.3, -0.25) is 0 Å². The molecule has 0 bridgehead atoms. The second-order valence-electron chi connectivity index (χ2n) is 4.37. The number of carboxylic acid groups (broad SMARTS) is 1. The van der Waals surface area contributed by atoms with E-state index < -0.39 is 12.1 Å². The highest BCUT2D eigenvalue weighted by atomic mass is 16.5. The van der Waals surface area contributed by atoms with Crippen LogP contribution in [0.1, 0.15) is 10.4 Å². The van der Waals surface area contributed by atoms with Gasteiger partial charge in [-0.25, -0.2) is 9.36 Å². The van der Waals surface area contributed by atoms with Gasteiger partial charge in [0, 0.05) is 12.1 Å². The molecule has 0 saturated heterocycles. The van der Waals surface area contributed by atoms with Gasteiger partial charge < -0.3 is 14.9 Å². The molecule has 1 atom stereocenters. The second-order valence-corrected chi connectivity index (χ2v) is 4.37. The van der Waals surface area contributed by atoms with Crippen LogP contribution in [0.2, 0.25) is 0 Å². The van der Waals surface area contributed by atoms with Crippen LogP contribution in [0.4, 0.5) is 0 Å². The van der Waals surface area contributed by atoms with Crippen LogP contribution in [0, 0.1) is 0 Å². The lowest BCUT2D eigenvalue weighted by molar-refractivity contribution is -0.703. The number of rotatable bonds is 6. The summed E-state index contributed by atoms with van der Waals surface area (Å²) in [6.07, 6.45) is 2.57. The standard InChI is InChI=1S/C15H15NO4/c17-13(11-20-14-4-2-1-3-5-14)10-16-8-6-12(7-9-16)15(18)19/h1-9,13,17H,10-11H2/p+1. The minimum atomic E-state index is -0.967. The van der Waals surface area contributed by atoms with Gasteiger partial charge in [0.2, 0.25) is 0 Å². The number of carboxylic acids is 1. The van der Waals surface area contributed by atoms with Crippen molar-refractivity contribution in [1.29, 1.82) is 0 Å². The summed E-state index contributed by atoms with van der Waals surface area (Å²) in [6.45, 7) is 0.518. The number of aliphatic hydroxyl groups excluding tert-OH is 1. The molecule has 0 amide bonds. The molecule has 0 spiro atoms. The van der Waals surface area contributed by atoms with E-state index in [9.17, 15) is 9.90 Å². The molecule has 0 saturated carbocycles. The number of carbonyl (C=O) groups is 1. The molecule has 1 aromatic carbocycles. The molecule has 5 nitrogen and oxygen atoms in total. The van der Waals surface area contributed by atoms with E-state index in [1.807, 2.05) is 30.3 Å². The number of para-hydroxylation sites is 1. The first-order chi connectivity index (χ1) is 9.65. The van der Waals surface area contributed by atoms with E-state index in [1.54, 1.807) is 17.0 Å². The average molecular weight is 274 g/mol. The summed E-state index contributed by atoms with van der Waals surface area (Å²) in [5, 5.41) is 18.7. The molecule has 5 heteroatoms. The molecule has 104 valence electrons. The smallest absolute Gasteiger partial charge is 0.336 e. The van der Waals surface area contributed by atoms with Gasteiger partial charge in [-0.15, -0.1) is 0 Å². The zero-order chi connectivity index (χ0) is 14.4. The third kappa shape index (κ3) is 4.07. The Morgan fingerprint density at radius 2 is 1.80 bits per heavy atom. The Balaban J connectivity index is 1.85. The highest BCUT2D eigenvalue weighted by Crippen LogP contribution is 2.08. The van der Waals surface area contributed by atoms with Gasteiger partial charge in [-0.1, -0.05) is 18.2 Å². The fourth-order valence-corrected chi connectivity index (χ4v) is 1.73. The van der Waals surface area contributed by atoms with Crippen molar-refractivity contribution in [2.45, 2.75) is 12.6 Å². The molecule has 20 heavy (non-hydrogen) atoms. The third-order valence-electron chi connectivity index (χ3n) is 2.75. The van der Waals surface area contributed by atoms with E-state index >= 15 is 0 Å². The number of aromatic nitrogens is 1. The maximum atomic E-state index is 10.7. The largest absolute Gasteiger partial charge is 0.491 e. The minimum Gasteiger partial charge on any atom is -0.491 e. The number of hydrogen-bond acceptors (Lipinski definition) is 3. The Kier molecular flexibility index (Phi) is 4.68. The van der Waals surface area contributed by atoms with Crippen LogP contribution >= 0.6 is 0 Å². The van der Waals surface area contributed by atoms with Crippen molar-refractivity contribution in [3.05, 3.63) is 60.4 Å². The van der Waals surface area contributed by atoms with Gasteiger partial charge >= 0.3 is 5.97 Å². The normalized spacial score (nSPS) is 11.8. The van der Waals surface area contributed by atoms with Crippen LogP contribution < -0.4 is 9.30 Å². The molecule has 0 aliphatic carbocycles. The van der Waals surface area contributed by atoms with Crippen molar-refractivity contribution in [2.75, 3.05) is 6.61 Å². The summed E-state index contributed by atoms with van der Waals surface area (Å²) in [4.78, 5) is 10.7. The third-order valence-corrected chi connectivity index (χ3v) is 2.75. The Labute approximate surface area is 116 Å². The monoisotopic (exact) mass is 274 g/mol. The van der Waals surface area contributed by atoms with Crippen LogP contribution in [0.5, 0.6) is 5.75 Å². The van der Waals surface area contributed by atoms with Gasteiger partial charge in [0.1, 0.15) is 18.5 Å². The Morgan fingerprint density at radius 1 is 1.15 bits per heavy atom. The molecule has 0 aliphatic rings. The van der Waals surface area contributed by atoms with Crippen molar-refractivity contribution in [1.82, 2.24) is 0 Å². The number of nitrogens with zero attached hydrogens (tertiary/aromatic N) is 1. The summed E-state index contributed by atoms with van der Waals surface area (Å²) < 4.78 is 7.16. The Hall–Kier alpha value is -2.40. The topological polar surface area (TPSA) is 70.6 Å². The highest BCUT2D eigenvalue weighted by molar-refractivity contribution is 5.87. The summed E-state index contributed by atoms with van der Waals surface area (Å²) in [5.41, 5.74) is 0.219. The van der Waals surface area contributed by atoms with Crippen LogP contribution in [0.15, 0.2) is 54.9 Å². The Bertz CT molecular complexity index is 554. The van der Waals surface area contributed by atoms with E-state index in [0.29, 0.717) is 12.3 Å². The summed E-state index contributed by atoms with van der Waals surface area (Å²) in [5.74, 6) is -0.261. The first-order valence-corrected chi connectivity index (χ1v) is 6.23. The van der Waals surface area contributed by atoms with E-state index in [2.05, 4.69) is 0 Å². The number of pyridine rings is 1. The number of ether oxygens (including phenoxy) is 1. The zero-order valence-electron chi connectivity index (χ0n) is 10.8. The van der Waals surface area contributed by atoms with Crippen molar-refractivity contribution in [3.63, 3.8) is 0 Å². The maximum Gasteiger partial charge on any atom is 0.336 e. The molecule has 0 aliphatic heterocycles. The molecular formula is C15H16NO4+. The van der Waals surface area contributed by atoms with Crippen molar-refractivity contribution >= 4 is 5.97 Å². The van der Waals surface area contributed by atoms with E-state index in [-0.39, 0.29) is 12.2 Å². The van der Waals surface area contributed by atoms with Crippen molar-refractivity contribution < 1.29 is 24.3 Å². The van der Waals surface area contributed by atoms with Gasteiger partial charge in [-0.05, 0) is 12.1 Å². The van der Waals surface area contributed by atoms with E-state index in [4.69, 9.17) is 9.84 Å². The quantitative estimate of drug-likeness (QED) is 0.774. The summed E-state index contributed by atoms with van der Waals surface area (Å²) >= 11 is 0. The maximum absolute atomic E-state index is 10.7. The molecule has 1 unspecified atom stereocenters. The molecule has 0 fully saturated rings. The van der Waals surface area contributed by atoms with Crippen molar-refractivity contribution in [2.24, 2.45) is 0 Å². The molecule has 1 aromatic heterocycles.